The van der Waals surface area contributed by atoms with Gasteiger partial charge < -0.3 is 25.7 Å². The van der Waals surface area contributed by atoms with Gasteiger partial charge in [-0.25, -0.2) is 9.59 Å². The van der Waals surface area contributed by atoms with Gasteiger partial charge in [0.25, 0.3) is 0 Å². The normalized spacial score (nSPS) is 20.8. The van der Waals surface area contributed by atoms with Crippen molar-refractivity contribution in [1.29, 1.82) is 0 Å². The monoisotopic (exact) mass is 574 g/mol. The summed E-state index contributed by atoms with van der Waals surface area (Å²) in [5.41, 5.74) is 3.99. The van der Waals surface area contributed by atoms with E-state index in [0.29, 0.717) is 33.2 Å². The Hall–Kier alpha value is -4.30. The largest absolute Gasteiger partial charge is 0.507 e. The molecule has 0 bridgehead atoms. The minimum atomic E-state index is -1.19. The van der Waals surface area contributed by atoms with Gasteiger partial charge in [0.15, 0.2) is 0 Å². The third-order valence-corrected chi connectivity index (χ3v) is 8.70. The number of halogens is 1. The molecule has 5 N–H and O–H groups in total. The molecule has 212 valence electrons. The number of carboxylic acids is 2. The summed E-state index contributed by atoms with van der Waals surface area (Å²) >= 11 is 6.86. The smallest absolute Gasteiger partial charge is 0.339 e. The Morgan fingerprint density at radius 1 is 0.878 bits per heavy atom. The van der Waals surface area contributed by atoms with Crippen LogP contribution >= 0.6 is 11.6 Å². The number of rotatable bonds is 5. The third-order valence-electron chi connectivity index (χ3n) is 8.22. The van der Waals surface area contributed by atoms with Gasteiger partial charge in [-0.15, -0.1) is 0 Å². The lowest BCUT2D eigenvalue weighted by molar-refractivity contribution is 0.0682. The first-order valence-electron chi connectivity index (χ1n) is 13.3. The quantitative estimate of drug-likeness (QED) is 0.252. The molecule has 0 atom stereocenters. The zero-order valence-electron chi connectivity index (χ0n) is 23.2. The summed E-state index contributed by atoms with van der Waals surface area (Å²) in [6.45, 7) is 7.64. The van der Waals surface area contributed by atoms with E-state index in [2.05, 4.69) is 10.3 Å². The number of hydrogen-bond donors (Lipinski definition) is 5. The molecule has 2 aromatic rings. The van der Waals surface area contributed by atoms with Crippen LogP contribution in [0, 0.1) is 0 Å². The molecule has 0 spiro atoms. The molecule has 2 aliphatic heterocycles. The minimum Gasteiger partial charge on any atom is -0.507 e. The first-order chi connectivity index (χ1) is 19.2. The number of aliphatic imine (C=N–C) groups is 1. The van der Waals surface area contributed by atoms with Crippen LogP contribution in [0.5, 0.6) is 11.5 Å². The Labute approximate surface area is 242 Å². The number of aromatic carboxylic acids is 2. The van der Waals surface area contributed by atoms with Crippen molar-refractivity contribution in [3.05, 3.63) is 92.7 Å². The number of hydrogen-bond acceptors (Lipinski definition) is 6. The average molecular weight is 575 g/mol. The number of carboxylic acid groups (broad SMARTS) is 2. The topological polar surface area (TPSA) is 139 Å². The predicted octanol–water partition coefficient (Wildman–Crippen LogP) is 7.30. The van der Waals surface area contributed by atoms with E-state index in [-0.39, 0.29) is 22.6 Å². The number of anilines is 1. The van der Waals surface area contributed by atoms with Crippen LogP contribution < -0.4 is 5.32 Å². The zero-order valence-corrected chi connectivity index (χ0v) is 23.9. The Balaban J connectivity index is 1.43. The van der Waals surface area contributed by atoms with Crippen molar-refractivity contribution < 1.29 is 30.0 Å². The predicted molar refractivity (Wildman–Crippen MR) is 159 cm³/mol. The standard InChI is InChI=1S/C32H31ClN2O6/c1-31(2)22(34-20-12-10-18(29(38)39)27(36)24(20)31)14-8-16-6-5-7-17(26(16)33)9-15-23-32(3,4)25-21(35-23)13-11-19(28(25)37)30(40)41/h8-15,34,36-37H,5-7H2,1-4H3,(H,38,39)(H,40,41)/b15-9+,16-8+,22-14-. The highest BCUT2D eigenvalue weighted by atomic mass is 35.5. The molecule has 0 saturated heterocycles. The maximum Gasteiger partial charge on any atom is 0.339 e. The third kappa shape index (κ3) is 4.62. The van der Waals surface area contributed by atoms with E-state index in [0.717, 1.165) is 36.1 Å². The summed E-state index contributed by atoms with van der Waals surface area (Å²) in [6.07, 6.45) is 10.1. The molecule has 1 aliphatic carbocycles. The Kier molecular flexibility index (Phi) is 6.86. The number of nitrogens with one attached hydrogen (secondary N) is 1. The maximum absolute atomic E-state index is 11.5. The second-order valence-corrected chi connectivity index (χ2v) is 11.9. The molecule has 0 radical (unpaired) electrons. The van der Waals surface area contributed by atoms with E-state index in [1.54, 1.807) is 12.1 Å². The second kappa shape index (κ2) is 9.96. The highest BCUT2D eigenvalue weighted by Crippen LogP contribution is 2.49. The van der Waals surface area contributed by atoms with E-state index >= 15 is 0 Å². The minimum absolute atomic E-state index is 0.136. The van der Waals surface area contributed by atoms with Crippen LogP contribution in [-0.2, 0) is 10.8 Å². The Morgan fingerprint density at radius 2 is 1.51 bits per heavy atom. The van der Waals surface area contributed by atoms with Gasteiger partial charge in [0.05, 0.1) is 11.4 Å². The molecule has 0 saturated carbocycles. The van der Waals surface area contributed by atoms with Crippen LogP contribution in [0.2, 0.25) is 0 Å². The number of carbonyl (C=O) groups is 2. The number of nitrogens with zero attached hydrogens (tertiary/aromatic N) is 1. The fraction of sp³-hybridized carbons (Fsp3) is 0.281. The van der Waals surface area contributed by atoms with Gasteiger partial charge in [-0.3, -0.25) is 4.99 Å². The first-order valence-corrected chi connectivity index (χ1v) is 13.7. The van der Waals surface area contributed by atoms with Crippen LogP contribution in [0.1, 0.15) is 78.8 Å². The van der Waals surface area contributed by atoms with Gasteiger partial charge in [-0.05, 0) is 80.7 Å². The van der Waals surface area contributed by atoms with Crippen molar-refractivity contribution in [2.45, 2.75) is 57.8 Å². The molecule has 0 unspecified atom stereocenters. The van der Waals surface area contributed by atoms with Crippen molar-refractivity contribution in [3.63, 3.8) is 0 Å². The van der Waals surface area contributed by atoms with Crippen molar-refractivity contribution in [2.24, 2.45) is 4.99 Å². The van der Waals surface area contributed by atoms with Gasteiger partial charge in [0, 0.05) is 38.4 Å². The summed E-state index contributed by atoms with van der Waals surface area (Å²) in [4.78, 5) is 27.7. The summed E-state index contributed by atoms with van der Waals surface area (Å²) in [7, 11) is 0. The first kappa shape index (κ1) is 28.2. The summed E-state index contributed by atoms with van der Waals surface area (Å²) < 4.78 is 0. The summed E-state index contributed by atoms with van der Waals surface area (Å²) in [6, 6.07) is 6.03. The van der Waals surface area contributed by atoms with Gasteiger partial charge in [0.1, 0.15) is 22.6 Å². The van der Waals surface area contributed by atoms with Gasteiger partial charge >= 0.3 is 11.9 Å². The van der Waals surface area contributed by atoms with Gasteiger partial charge in [-0.2, -0.15) is 0 Å². The van der Waals surface area contributed by atoms with Crippen molar-refractivity contribution in [2.75, 3.05) is 5.32 Å². The number of phenols is 2. The Bertz CT molecular complexity index is 1670. The average Bonchev–Trinajstić information content (AvgIpc) is 3.31. The zero-order chi connectivity index (χ0) is 29.9. The van der Waals surface area contributed by atoms with Crippen LogP contribution in [0.4, 0.5) is 11.4 Å². The van der Waals surface area contributed by atoms with Gasteiger partial charge in [0.2, 0.25) is 0 Å². The maximum atomic E-state index is 11.5. The van der Waals surface area contributed by atoms with Crippen molar-refractivity contribution in [3.8, 4) is 11.5 Å². The summed E-state index contributed by atoms with van der Waals surface area (Å²) in [5, 5.41) is 44.1. The number of allylic oxidation sites excluding steroid dienone is 8. The Morgan fingerprint density at radius 3 is 2.17 bits per heavy atom. The number of fused-ring (bicyclic) bond motifs is 2. The SMILES string of the molecule is CC1(C)C(/C=C/C2=C(Cl)C(=C/C=C3\Nc4ccc(C(=O)O)c(O)c4C3(C)C)/CCC2)=Nc2ccc(C(=O)O)c(O)c21. The molecule has 0 amide bonds. The number of benzene rings is 2. The second-order valence-electron chi connectivity index (χ2n) is 11.5. The van der Waals surface area contributed by atoms with Crippen molar-refractivity contribution >= 4 is 40.6 Å². The molecular formula is C32H31ClN2O6. The van der Waals surface area contributed by atoms with Crippen LogP contribution in [0.25, 0.3) is 0 Å². The molecule has 41 heavy (non-hydrogen) atoms. The lowest BCUT2D eigenvalue weighted by Gasteiger charge is -2.23. The fourth-order valence-corrected chi connectivity index (χ4v) is 6.18. The summed E-state index contributed by atoms with van der Waals surface area (Å²) in [5.74, 6) is -2.88. The molecule has 2 heterocycles. The molecule has 5 rings (SSSR count). The van der Waals surface area contributed by atoms with E-state index < -0.39 is 22.8 Å². The van der Waals surface area contributed by atoms with Gasteiger partial charge in [-0.1, -0.05) is 37.6 Å². The molecular weight excluding hydrogens is 544 g/mol. The van der Waals surface area contributed by atoms with E-state index in [4.69, 9.17) is 11.6 Å². The van der Waals surface area contributed by atoms with Crippen molar-refractivity contribution in [1.82, 2.24) is 0 Å². The molecule has 2 aromatic carbocycles. The van der Waals surface area contributed by atoms with Crippen LogP contribution in [0.3, 0.4) is 0 Å². The molecule has 9 heteroatoms. The van der Waals surface area contributed by atoms with E-state index in [1.807, 2.05) is 52.0 Å². The van der Waals surface area contributed by atoms with E-state index in [1.165, 1.54) is 12.1 Å². The highest BCUT2D eigenvalue weighted by molar-refractivity contribution is 6.32. The fourth-order valence-electron chi connectivity index (χ4n) is 5.86. The molecule has 8 nitrogen and oxygen atoms in total. The molecule has 3 aliphatic rings. The lowest BCUT2D eigenvalue weighted by atomic mass is 9.79. The number of aromatic hydroxyl groups is 2. The molecule has 0 aromatic heterocycles. The highest BCUT2D eigenvalue weighted by Gasteiger charge is 2.39. The lowest BCUT2D eigenvalue weighted by Crippen LogP contribution is -2.24. The van der Waals surface area contributed by atoms with Crippen LogP contribution in [0.15, 0.2) is 75.4 Å². The van der Waals surface area contributed by atoms with Crippen LogP contribution in [-0.4, -0.2) is 38.1 Å². The van der Waals surface area contributed by atoms with E-state index in [9.17, 15) is 30.0 Å². The molecule has 0 fully saturated rings.